The molecule has 0 radical (unpaired) electrons. The summed E-state index contributed by atoms with van der Waals surface area (Å²) in [5.74, 6) is 1.88. The lowest BCUT2D eigenvalue weighted by molar-refractivity contribution is 0.669. The van der Waals surface area contributed by atoms with Crippen LogP contribution in [-0.2, 0) is 0 Å². The molecule has 5 heteroatoms. The maximum atomic E-state index is 6.20. The molecular formula is C42H24N4O. The Morgan fingerprint density at radius 3 is 1.83 bits per heavy atom. The predicted octanol–water partition coefficient (Wildman–Crippen LogP) is 10.8. The number of hydrogen-bond donors (Lipinski definition) is 0. The van der Waals surface area contributed by atoms with E-state index >= 15 is 0 Å². The van der Waals surface area contributed by atoms with E-state index in [0.717, 1.165) is 71.1 Å². The van der Waals surface area contributed by atoms with Crippen molar-refractivity contribution in [1.29, 1.82) is 0 Å². The van der Waals surface area contributed by atoms with E-state index in [1.807, 2.05) is 54.7 Å². The highest BCUT2D eigenvalue weighted by molar-refractivity contribution is 6.19. The Morgan fingerprint density at radius 2 is 1.00 bits per heavy atom. The minimum atomic E-state index is 0.621. The van der Waals surface area contributed by atoms with Crippen LogP contribution in [0.25, 0.3) is 99.3 Å². The fourth-order valence-corrected chi connectivity index (χ4v) is 6.87. The van der Waals surface area contributed by atoms with E-state index in [-0.39, 0.29) is 0 Å². The summed E-state index contributed by atoms with van der Waals surface area (Å²) in [6, 6.07) is 48.1. The van der Waals surface area contributed by atoms with Gasteiger partial charge in [0.25, 0.3) is 0 Å². The molecule has 0 N–H and O–H groups in total. The molecule has 3 aromatic heterocycles. The Morgan fingerprint density at radius 1 is 0.383 bits per heavy atom. The van der Waals surface area contributed by atoms with Crippen molar-refractivity contribution < 1.29 is 4.42 Å². The Labute approximate surface area is 268 Å². The maximum absolute atomic E-state index is 6.20. The first-order chi connectivity index (χ1) is 23.3. The first-order valence-electron chi connectivity index (χ1n) is 15.6. The fraction of sp³-hybridized carbons (Fsp3) is 0. The molecule has 0 aliphatic rings. The second-order valence-electron chi connectivity index (χ2n) is 11.9. The van der Waals surface area contributed by atoms with Crippen molar-refractivity contribution in [1.82, 2.24) is 19.9 Å². The molecule has 0 fully saturated rings. The standard InChI is InChI=1S/C42H24N4O/c1-2-7-27(8-3-1)40-44-41(28-14-12-25-16-18-30-31(34(25)23-28)19-20-36-32(30)10-6-22-43-36)46-42(45-40)29-15-13-26-17-21-38-39(35(26)24-29)33-9-4-5-11-37(33)47-38/h1-24H. The van der Waals surface area contributed by atoms with Gasteiger partial charge in [-0.1, -0.05) is 103 Å². The van der Waals surface area contributed by atoms with Crippen molar-refractivity contribution in [3.05, 3.63) is 146 Å². The SMILES string of the molecule is c1ccc(-c2nc(-c3ccc4ccc5c6cccnc6ccc5c4c3)nc(-c3ccc4ccc5oc6ccccc6c5c4c3)n2)cc1. The number of hydrogen-bond acceptors (Lipinski definition) is 5. The fourth-order valence-electron chi connectivity index (χ4n) is 6.87. The quantitative estimate of drug-likeness (QED) is 0.189. The van der Waals surface area contributed by atoms with E-state index in [1.165, 1.54) is 10.8 Å². The summed E-state index contributed by atoms with van der Waals surface area (Å²) in [5.41, 5.74) is 5.52. The van der Waals surface area contributed by atoms with Crippen molar-refractivity contribution >= 4 is 65.2 Å². The van der Waals surface area contributed by atoms with Crippen LogP contribution in [0.5, 0.6) is 0 Å². The van der Waals surface area contributed by atoms with E-state index in [4.69, 9.17) is 19.4 Å². The maximum Gasteiger partial charge on any atom is 0.164 e. The molecule has 7 aromatic carbocycles. The smallest absolute Gasteiger partial charge is 0.164 e. The molecule has 0 aliphatic carbocycles. The van der Waals surface area contributed by atoms with Crippen molar-refractivity contribution in [2.24, 2.45) is 0 Å². The molecular weight excluding hydrogens is 576 g/mol. The number of para-hydroxylation sites is 1. The van der Waals surface area contributed by atoms with E-state index in [0.29, 0.717) is 17.5 Å². The second-order valence-corrected chi connectivity index (χ2v) is 11.9. The normalized spacial score (nSPS) is 11.8. The second kappa shape index (κ2) is 10.0. The van der Waals surface area contributed by atoms with Gasteiger partial charge in [0, 0.05) is 39.0 Å². The number of nitrogens with zero attached hydrogens (tertiary/aromatic N) is 4. The molecule has 10 rings (SSSR count). The van der Waals surface area contributed by atoms with Gasteiger partial charge in [0.15, 0.2) is 17.5 Å². The molecule has 3 heterocycles. The van der Waals surface area contributed by atoms with Crippen LogP contribution in [0.1, 0.15) is 0 Å². The highest BCUT2D eigenvalue weighted by Crippen LogP contribution is 2.37. The molecule has 0 spiro atoms. The lowest BCUT2D eigenvalue weighted by Crippen LogP contribution is -2.00. The Bertz CT molecular complexity index is 2860. The van der Waals surface area contributed by atoms with Crippen LogP contribution in [0, 0.1) is 0 Å². The van der Waals surface area contributed by atoms with Gasteiger partial charge in [0.05, 0.1) is 5.52 Å². The topological polar surface area (TPSA) is 64.7 Å². The van der Waals surface area contributed by atoms with E-state index < -0.39 is 0 Å². The van der Waals surface area contributed by atoms with Crippen LogP contribution >= 0.6 is 0 Å². The van der Waals surface area contributed by atoms with Crippen molar-refractivity contribution in [2.75, 3.05) is 0 Å². The molecule has 0 amide bonds. The molecule has 218 valence electrons. The van der Waals surface area contributed by atoms with E-state index in [9.17, 15) is 0 Å². The summed E-state index contributed by atoms with van der Waals surface area (Å²) >= 11 is 0. The summed E-state index contributed by atoms with van der Waals surface area (Å²) in [7, 11) is 0. The monoisotopic (exact) mass is 600 g/mol. The number of rotatable bonds is 3. The van der Waals surface area contributed by atoms with Crippen LogP contribution in [0.4, 0.5) is 0 Å². The van der Waals surface area contributed by atoms with Crippen LogP contribution in [0.15, 0.2) is 150 Å². The van der Waals surface area contributed by atoms with Crippen LogP contribution < -0.4 is 0 Å². The molecule has 0 unspecified atom stereocenters. The van der Waals surface area contributed by atoms with Gasteiger partial charge >= 0.3 is 0 Å². The highest BCUT2D eigenvalue weighted by atomic mass is 16.3. The first kappa shape index (κ1) is 25.8. The third-order valence-electron chi connectivity index (χ3n) is 9.14. The number of pyridine rings is 1. The average Bonchev–Trinajstić information content (AvgIpc) is 3.54. The van der Waals surface area contributed by atoms with Crippen molar-refractivity contribution in [3.63, 3.8) is 0 Å². The summed E-state index contributed by atoms with van der Waals surface area (Å²) in [6.45, 7) is 0. The Hall–Kier alpha value is -6.46. The van der Waals surface area contributed by atoms with Gasteiger partial charge in [-0.2, -0.15) is 0 Å². The minimum Gasteiger partial charge on any atom is -0.456 e. The lowest BCUT2D eigenvalue weighted by atomic mass is 9.97. The van der Waals surface area contributed by atoms with Gasteiger partial charge in [0.1, 0.15) is 11.2 Å². The van der Waals surface area contributed by atoms with Crippen molar-refractivity contribution in [3.8, 4) is 34.2 Å². The van der Waals surface area contributed by atoms with Crippen LogP contribution in [0.2, 0.25) is 0 Å². The summed E-state index contributed by atoms with van der Waals surface area (Å²) in [5, 5.41) is 10.2. The number of aromatic nitrogens is 4. The average molecular weight is 601 g/mol. The molecule has 0 saturated heterocycles. The molecule has 0 bridgehead atoms. The Kier molecular flexibility index (Phi) is 5.51. The number of furan rings is 1. The molecule has 10 aromatic rings. The predicted molar refractivity (Wildman–Crippen MR) is 191 cm³/mol. The Balaban J connectivity index is 1.20. The van der Waals surface area contributed by atoms with Gasteiger partial charge in [0.2, 0.25) is 0 Å². The van der Waals surface area contributed by atoms with Gasteiger partial charge in [-0.3, -0.25) is 4.98 Å². The zero-order valence-electron chi connectivity index (χ0n) is 25.1. The zero-order valence-corrected chi connectivity index (χ0v) is 25.1. The van der Waals surface area contributed by atoms with E-state index in [1.54, 1.807) is 0 Å². The molecule has 0 aliphatic heterocycles. The molecule has 0 atom stereocenters. The van der Waals surface area contributed by atoms with Gasteiger partial charge < -0.3 is 4.42 Å². The first-order valence-corrected chi connectivity index (χ1v) is 15.6. The summed E-state index contributed by atoms with van der Waals surface area (Å²) in [6.07, 6.45) is 1.84. The van der Waals surface area contributed by atoms with Crippen LogP contribution in [-0.4, -0.2) is 19.9 Å². The van der Waals surface area contributed by atoms with Crippen LogP contribution in [0.3, 0.4) is 0 Å². The minimum absolute atomic E-state index is 0.621. The van der Waals surface area contributed by atoms with Gasteiger partial charge in [-0.05, 0) is 68.7 Å². The molecule has 0 saturated carbocycles. The molecule has 5 nitrogen and oxygen atoms in total. The largest absolute Gasteiger partial charge is 0.456 e. The third kappa shape index (κ3) is 4.10. The molecule has 47 heavy (non-hydrogen) atoms. The summed E-state index contributed by atoms with van der Waals surface area (Å²) in [4.78, 5) is 19.8. The van der Waals surface area contributed by atoms with Gasteiger partial charge in [-0.25, -0.2) is 15.0 Å². The lowest BCUT2D eigenvalue weighted by Gasteiger charge is -2.11. The van der Waals surface area contributed by atoms with Crippen molar-refractivity contribution in [2.45, 2.75) is 0 Å². The van der Waals surface area contributed by atoms with Gasteiger partial charge in [-0.15, -0.1) is 0 Å². The highest BCUT2D eigenvalue weighted by Gasteiger charge is 2.16. The zero-order chi connectivity index (χ0) is 30.9. The van der Waals surface area contributed by atoms with E-state index in [2.05, 4.69) is 96.0 Å². The third-order valence-corrected chi connectivity index (χ3v) is 9.14. The summed E-state index contributed by atoms with van der Waals surface area (Å²) < 4.78 is 6.20. The number of benzene rings is 7. The number of fused-ring (bicyclic) bond motifs is 10.